The van der Waals surface area contributed by atoms with Gasteiger partial charge in [-0.3, -0.25) is 14.4 Å². The number of hydrogen-bond acceptors (Lipinski definition) is 8. The highest BCUT2D eigenvalue weighted by molar-refractivity contribution is 7.15. The van der Waals surface area contributed by atoms with Crippen molar-refractivity contribution < 1.29 is 28.7 Å². The van der Waals surface area contributed by atoms with Gasteiger partial charge in [-0.15, -0.1) is 11.3 Å². The van der Waals surface area contributed by atoms with Crippen LogP contribution in [0.25, 0.3) is 10.4 Å². The Kier molecular flexibility index (Phi) is 9.84. The van der Waals surface area contributed by atoms with Crippen LogP contribution in [0.5, 0.6) is 0 Å². The number of aryl methyl sites for hydroxylation is 1. The first kappa shape index (κ1) is 30.6. The smallest absolute Gasteiger partial charge is 0.412 e. The molecule has 1 aliphatic heterocycles. The molecule has 1 aromatic heterocycles. The minimum Gasteiger partial charge on any atom is -0.426 e. The molecule has 1 aliphatic rings. The van der Waals surface area contributed by atoms with Crippen molar-refractivity contribution in [3.63, 3.8) is 0 Å². The Bertz CT molecular complexity index is 1470. The number of benzene rings is 2. The first-order chi connectivity index (χ1) is 20.0. The van der Waals surface area contributed by atoms with Gasteiger partial charge in [0.25, 0.3) is 5.91 Å². The number of anilines is 1. The molecule has 2 aromatic carbocycles. The largest absolute Gasteiger partial charge is 0.426 e. The van der Waals surface area contributed by atoms with E-state index in [0.717, 1.165) is 32.1 Å². The number of nitrogens with zero attached hydrogens (tertiary/aromatic N) is 1. The molecular weight excluding hydrogens is 556 g/mol. The normalized spacial score (nSPS) is 14.3. The summed E-state index contributed by atoms with van der Waals surface area (Å²) < 4.78 is 9.94. The van der Waals surface area contributed by atoms with E-state index in [0.29, 0.717) is 25.2 Å². The number of esters is 1. The average molecular weight is 593 g/mol. The van der Waals surface area contributed by atoms with Crippen LogP contribution in [0.3, 0.4) is 0 Å². The predicted octanol–water partition coefficient (Wildman–Crippen LogP) is 4.99. The molecule has 2 heterocycles. The molecule has 10 nitrogen and oxygen atoms in total. The summed E-state index contributed by atoms with van der Waals surface area (Å²) in [4.78, 5) is 51.4. The van der Waals surface area contributed by atoms with Gasteiger partial charge in [-0.2, -0.15) is 0 Å². The lowest BCUT2D eigenvalue weighted by Gasteiger charge is -2.39. The van der Waals surface area contributed by atoms with E-state index in [1.165, 1.54) is 25.7 Å². The van der Waals surface area contributed by atoms with Gasteiger partial charge in [0.1, 0.15) is 0 Å². The molecule has 4 rings (SSSR count). The minimum atomic E-state index is -0.949. The zero-order chi connectivity index (χ0) is 30.4. The molecule has 42 heavy (non-hydrogen) atoms. The van der Waals surface area contributed by atoms with Gasteiger partial charge in [-0.25, -0.2) is 4.79 Å². The molecule has 3 amide bonds. The van der Waals surface area contributed by atoms with Crippen LogP contribution in [0.4, 0.5) is 10.5 Å². The van der Waals surface area contributed by atoms with Gasteiger partial charge in [0.05, 0.1) is 18.6 Å². The van der Waals surface area contributed by atoms with Crippen molar-refractivity contribution in [2.75, 3.05) is 18.4 Å². The quantitative estimate of drug-likeness (QED) is 0.224. The van der Waals surface area contributed by atoms with E-state index >= 15 is 0 Å². The molecule has 0 radical (unpaired) electrons. The van der Waals surface area contributed by atoms with Crippen molar-refractivity contribution in [3.8, 4) is 10.4 Å². The van der Waals surface area contributed by atoms with Crippen LogP contribution in [0.1, 0.15) is 60.1 Å². The lowest BCUT2D eigenvalue weighted by atomic mass is 10.0. The fraction of sp³-hybridized carbons (Fsp3) is 0.355. The summed E-state index contributed by atoms with van der Waals surface area (Å²) in [5.41, 5.74) is 4.22. The van der Waals surface area contributed by atoms with E-state index in [1.807, 2.05) is 62.4 Å². The number of ether oxygens (including phenoxy) is 2. The van der Waals surface area contributed by atoms with Crippen LogP contribution in [-0.4, -0.2) is 54.2 Å². The fourth-order valence-electron chi connectivity index (χ4n) is 4.54. The van der Waals surface area contributed by atoms with Gasteiger partial charge in [0.2, 0.25) is 12.2 Å². The topological polar surface area (TPSA) is 126 Å². The lowest BCUT2D eigenvalue weighted by Crippen LogP contribution is -2.57. The predicted molar refractivity (Wildman–Crippen MR) is 161 cm³/mol. The van der Waals surface area contributed by atoms with Crippen LogP contribution in [0.2, 0.25) is 0 Å². The zero-order valence-electron chi connectivity index (χ0n) is 24.4. The lowest BCUT2D eigenvalue weighted by molar-refractivity contribution is -0.163. The number of likely N-dealkylation sites (tertiary alicyclic amines) is 1. The van der Waals surface area contributed by atoms with Gasteiger partial charge in [-0.05, 0) is 60.9 Å². The molecule has 1 saturated heterocycles. The second-order valence-electron chi connectivity index (χ2n) is 10.3. The van der Waals surface area contributed by atoms with Gasteiger partial charge in [0.15, 0.2) is 0 Å². The van der Waals surface area contributed by atoms with Crippen molar-refractivity contribution in [2.45, 2.75) is 59.5 Å². The van der Waals surface area contributed by atoms with E-state index in [9.17, 15) is 19.2 Å². The molecule has 222 valence electrons. The van der Waals surface area contributed by atoms with E-state index < -0.39 is 18.4 Å². The number of carbonyl (C=O) groups excluding carboxylic acids is 4. The van der Waals surface area contributed by atoms with Crippen LogP contribution in [0.15, 0.2) is 54.6 Å². The molecule has 1 unspecified atom stereocenters. The van der Waals surface area contributed by atoms with Crippen LogP contribution in [-0.2, 0) is 25.6 Å². The SMILES string of the molecule is CC(=O)NCc1ccc(-c2cccc([C@@H](C)NC(=O)c3cc(NC4CN(C(=O)OC(C)OC(C)=O)C4)ccc3C)c2)s1. The maximum Gasteiger partial charge on any atom is 0.412 e. The van der Waals surface area contributed by atoms with Crippen molar-refractivity contribution in [1.29, 1.82) is 0 Å². The van der Waals surface area contributed by atoms with Crippen LogP contribution < -0.4 is 16.0 Å². The van der Waals surface area contributed by atoms with E-state index in [1.54, 1.807) is 11.3 Å². The van der Waals surface area contributed by atoms with Gasteiger partial charge in [0, 0.05) is 54.9 Å². The molecule has 3 aromatic rings. The Balaban J connectivity index is 1.33. The molecule has 0 saturated carbocycles. The zero-order valence-corrected chi connectivity index (χ0v) is 25.2. The first-order valence-electron chi connectivity index (χ1n) is 13.7. The van der Waals surface area contributed by atoms with Crippen molar-refractivity contribution in [1.82, 2.24) is 15.5 Å². The second kappa shape index (κ2) is 13.5. The number of amides is 3. The third-order valence-corrected chi connectivity index (χ3v) is 7.92. The number of rotatable bonds is 10. The van der Waals surface area contributed by atoms with Crippen LogP contribution in [0, 0.1) is 6.92 Å². The van der Waals surface area contributed by atoms with Gasteiger partial charge in [-0.1, -0.05) is 24.3 Å². The highest BCUT2D eigenvalue weighted by Crippen LogP contribution is 2.30. The van der Waals surface area contributed by atoms with Gasteiger partial charge < -0.3 is 30.3 Å². The van der Waals surface area contributed by atoms with Crippen molar-refractivity contribution >= 4 is 40.9 Å². The highest BCUT2D eigenvalue weighted by atomic mass is 32.1. The molecule has 3 N–H and O–H groups in total. The standard InChI is InChI=1S/C31H36N4O6S/c1-18-9-10-25(34-26-16-35(17-26)31(39)41-22(5)40-21(4)37)14-28(18)30(38)33-19(2)23-7-6-8-24(13-23)29-12-11-27(42-29)15-32-20(3)36/h6-14,19,22,26,34H,15-17H2,1-5H3,(H,32,36)(H,33,38)/t19-,22?/m1/s1. The number of thiophene rings is 1. The number of nitrogens with one attached hydrogen (secondary N) is 3. The highest BCUT2D eigenvalue weighted by Gasteiger charge is 2.33. The summed E-state index contributed by atoms with van der Waals surface area (Å²) in [6, 6.07) is 17.5. The Morgan fingerprint density at radius 2 is 1.76 bits per heavy atom. The maximum absolute atomic E-state index is 13.3. The second-order valence-corrected chi connectivity index (χ2v) is 11.5. The molecule has 1 fully saturated rings. The number of carbonyl (C=O) groups is 4. The van der Waals surface area contributed by atoms with Crippen LogP contribution >= 0.6 is 11.3 Å². The fourth-order valence-corrected chi connectivity index (χ4v) is 5.49. The third-order valence-electron chi connectivity index (χ3n) is 6.78. The minimum absolute atomic E-state index is 0.00197. The summed E-state index contributed by atoms with van der Waals surface area (Å²) in [6.07, 6.45) is -1.50. The first-order valence-corrected chi connectivity index (χ1v) is 14.5. The van der Waals surface area contributed by atoms with E-state index in [2.05, 4.69) is 22.0 Å². The van der Waals surface area contributed by atoms with Gasteiger partial charge >= 0.3 is 12.1 Å². The third kappa shape index (κ3) is 8.10. The summed E-state index contributed by atoms with van der Waals surface area (Å²) in [5.74, 6) is -0.761. The summed E-state index contributed by atoms with van der Waals surface area (Å²) in [7, 11) is 0. The van der Waals surface area contributed by atoms with E-state index in [-0.39, 0.29) is 23.9 Å². The number of hydrogen-bond donors (Lipinski definition) is 3. The van der Waals surface area contributed by atoms with Crippen molar-refractivity contribution in [2.24, 2.45) is 0 Å². The molecule has 2 atom stereocenters. The summed E-state index contributed by atoms with van der Waals surface area (Å²) in [6.45, 7) is 9.44. The summed E-state index contributed by atoms with van der Waals surface area (Å²) >= 11 is 1.62. The average Bonchev–Trinajstić information content (AvgIpc) is 3.38. The van der Waals surface area contributed by atoms with Crippen molar-refractivity contribution in [3.05, 3.63) is 76.2 Å². The van der Waals surface area contributed by atoms with E-state index in [4.69, 9.17) is 9.47 Å². The Hall–Kier alpha value is -4.38. The summed E-state index contributed by atoms with van der Waals surface area (Å²) in [5, 5.41) is 9.30. The maximum atomic E-state index is 13.3. The molecular formula is C31H36N4O6S. The molecule has 0 aliphatic carbocycles. The Morgan fingerprint density at radius 1 is 1.00 bits per heavy atom. The molecule has 0 bridgehead atoms. The Labute approximate surface area is 249 Å². The Morgan fingerprint density at radius 3 is 2.48 bits per heavy atom. The molecule has 11 heteroatoms. The monoisotopic (exact) mass is 592 g/mol. The molecule has 0 spiro atoms.